The first kappa shape index (κ1) is 10.1. The third kappa shape index (κ3) is 4.00. The summed E-state index contributed by atoms with van der Waals surface area (Å²) in [5.41, 5.74) is 0.834. The van der Waals surface area contributed by atoms with Crippen molar-refractivity contribution in [2.24, 2.45) is 5.16 Å². The van der Waals surface area contributed by atoms with E-state index in [1.54, 1.807) is 0 Å². The second-order valence-electron chi connectivity index (χ2n) is 2.26. The standard InChI is InChI=1S/C8H9BrN2O2/c9-8-3-1-2-7(11-8)6-13-5-4-10-12/h1-4,12H,5-6H2/b10-4+. The van der Waals surface area contributed by atoms with Crippen LogP contribution in [0.4, 0.5) is 0 Å². The van der Waals surface area contributed by atoms with Crippen LogP contribution in [-0.2, 0) is 11.3 Å². The zero-order valence-electron chi connectivity index (χ0n) is 6.85. The van der Waals surface area contributed by atoms with Crippen molar-refractivity contribution < 1.29 is 9.94 Å². The van der Waals surface area contributed by atoms with E-state index in [2.05, 4.69) is 26.1 Å². The Bertz CT molecular complexity index is 291. The summed E-state index contributed by atoms with van der Waals surface area (Å²) in [6, 6.07) is 5.59. The molecule has 70 valence electrons. The molecule has 0 bridgehead atoms. The smallest absolute Gasteiger partial charge is 0.106 e. The van der Waals surface area contributed by atoms with E-state index in [1.165, 1.54) is 6.21 Å². The highest BCUT2D eigenvalue weighted by Gasteiger charge is 1.94. The fourth-order valence-corrected chi connectivity index (χ4v) is 1.16. The molecule has 5 heteroatoms. The van der Waals surface area contributed by atoms with E-state index < -0.39 is 0 Å². The van der Waals surface area contributed by atoms with E-state index in [0.29, 0.717) is 6.61 Å². The number of pyridine rings is 1. The number of nitrogens with zero attached hydrogens (tertiary/aromatic N) is 2. The molecule has 4 nitrogen and oxygen atoms in total. The molecule has 0 saturated carbocycles. The number of hydrogen-bond acceptors (Lipinski definition) is 4. The van der Waals surface area contributed by atoms with Gasteiger partial charge in [-0.25, -0.2) is 4.98 Å². The van der Waals surface area contributed by atoms with Crippen LogP contribution in [0.1, 0.15) is 5.69 Å². The van der Waals surface area contributed by atoms with Crippen molar-refractivity contribution in [1.82, 2.24) is 4.98 Å². The molecule has 13 heavy (non-hydrogen) atoms. The van der Waals surface area contributed by atoms with Crippen molar-refractivity contribution in [1.29, 1.82) is 0 Å². The molecule has 0 atom stereocenters. The van der Waals surface area contributed by atoms with Gasteiger partial charge in [-0.3, -0.25) is 0 Å². The van der Waals surface area contributed by atoms with E-state index in [4.69, 9.17) is 9.94 Å². The number of hydrogen-bond donors (Lipinski definition) is 1. The van der Waals surface area contributed by atoms with Crippen LogP contribution in [0.25, 0.3) is 0 Å². The van der Waals surface area contributed by atoms with Gasteiger partial charge in [0.25, 0.3) is 0 Å². The molecular formula is C8H9BrN2O2. The highest BCUT2D eigenvalue weighted by atomic mass is 79.9. The molecule has 1 heterocycles. The maximum absolute atomic E-state index is 8.07. The highest BCUT2D eigenvalue weighted by molar-refractivity contribution is 9.10. The number of halogens is 1. The SMILES string of the molecule is O/N=C/COCc1cccc(Br)n1. The third-order valence-electron chi connectivity index (χ3n) is 1.30. The average molecular weight is 245 g/mol. The second kappa shape index (κ2) is 5.66. The Morgan fingerprint density at radius 1 is 1.62 bits per heavy atom. The quantitative estimate of drug-likeness (QED) is 0.289. The predicted molar refractivity (Wildman–Crippen MR) is 51.9 cm³/mol. The van der Waals surface area contributed by atoms with Gasteiger partial charge in [-0.1, -0.05) is 11.2 Å². The molecule has 0 unspecified atom stereocenters. The lowest BCUT2D eigenvalue weighted by molar-refractivity contribution is 0.155. The van der Waals surface area contributed by atoms with Crippen molar-refractivity contribution in [3.05, 3.63) is 28.5 Å². The molecule has 1 aromatic rings. The molecule has 0 aliphatic rings. The lowest BCUT2D eigenvalue weighted by Gasteiger charge is -1.99. The van der Waals surface area contributed by atoms with Crippen LogP contribution >= 0.6 is 15.9 Å². The summed E-state index contributed by atoms with van der Waals surface area (Å²) in [7, 11) is 0. The van der Waals surface area contributed by atoms with Gasteiger partial charge in [-0.2, -0.15) is 0 Å². The molecule has 1 N–H and O–H groups in total. The second-order valence-corrected chi connectivity index (χ2v) is 3.08. The zero-order chi connectivity index (χ0) is 9.52. The van der Waals surface area contributed by atoms with Gasteiger partial charge in [0.1, 0.15) is 4.60 Å². The van der Waals surface area contributed by atoms with E-state index in [0.717, 1.165) is 10.3 Å². The molecule has 1 rings (SSSR count). The lowest BCUT2D eigenvalue weighted by atomic mass is 10.4. The molecule has 0 aromatic carbocycles. The summed E-state index contributed by atoms with van der Waals surface area (Å²) in [5.74, 6) is 0. The van der Waals surface area contributed by atoms with Crippen molar-refractivity contribution in [2.45, 2.75) is 6.61 Å². The van der Waals surface area contributed by atoms with Gasteiger partial charge in [0.2, 0.25) is 0 Å². The minimum Gasteiger partial charge on any atom is -0.411 e. The van der Waals surface area contributed by atoms with Crippen LogP contribution in [0.15, 0.2) is 28.0 Å². The Balaban J connectivity index is 2.36. The lowest BCUT2D eigenvalue weighted by Crippen LogP contribution is -1.98. The zero-order valence-corrected chi connectivity index (χ0v) is 8.44. The summed E-state index contributed by atoms with van der Waals surface area (Å²) < 4.78 is 5.90. The Hall–Kier alpha value is -0.940. The molecule has 0 aliphatic carbocycles. The topological polar surface area (TPSA) is 54.7 Å². The first-order valence-electron chi connectivity index (χ1n) is 3.68. The molecule has 0 fully saturated rings. The minimum atomic E-state index is 0.282. The monoisotopic (exact) mass is 244 g/mol. The summed E-state index contributed by atoms with van der Waals surface area (Å²) in [6.45, 7) is 0.691. The van der Waals surface area contributed by atoms with Crippen LogP contribution in [0, 0.1) is 0 Å². The molecule has 0 aliphatic heterocycles. The number of rotatable bonds is 4. The number of aromatic nitrogens is 1. The number of ether oxygens (including phenoxy) is 1. The summed E-state index contributed by atoms with van der Waals surface area (Å²) in [5, 5.41) is 10.9. The predicted octanol–water partition coefficient (Wildman–Crippen LogP) is 1.82. The van der Waals surface area contributed by atoms with E-state index in [-0.39, 0.29) is 6.61 Å². The first-order valence-corrected chi connectivity index (χ1v) is 4.47. The van der Waals surface area contributed by atoms with Crippen molar-refractivity contribution in [3.8, 4) is 0 Å². The fourth-order valence-electron chi connectivity index (χ4n) is 0.780. The number of oxime groups is 1. The normalized spacial score (nSPS) is 10.8. The van der Waals surface area contributed by atoms with Crippen molar-refractivity contribution in [2.75, 3.05) is 6.61 Å². The Morgan fingerprint density at radius 2 is 2.46 bits per heavy atom. The molecule has 0 saturated heterocycles. The van der Waals surface area contributed by atoms with Gasteiger partial charge in [-0.05, 0) is 28.1 Å². The molecule has 0 radical (unpaired) electrons. The molecule has 1 aromatic heterocycles. The van der Waals surface area contributed by atoms with Gasteiger partial charge >= 0.3 is 0 Å². The van der Waals surface area contributed by atoms with E-state index >= 15 is 0 Å². The maximum Gasteiger partial charge on any atom is 0.106 e. The molecule has 0 amide bonds. The molecular weight excluding hydrogens is 236 g/mol. The minimum absolute atomic E-state index is 0.282. The first-order chi connectivity index (χ1) is 6.33. The third-order valence-corrected chi connectivity index (χ3v) is 1.74. The van der Waals surface area contributed by atoms with Crippen LogP contribution in [0.5, 0.6) is 0 Å². The summed E-state index contributed by atoms with van der Waals surface area (Å²) in [4.78, 5) is 4.16. The fraction of sp³-hybridized carbons (Fsp3) is 0.250. The highest BCUT2D eigenvalue weighted by Crippen LogP contribution is 2.06. The van der Waals surface area contributed by atoms with Crippen molar-refractivity contribution >= 4 is 22.1 Å². The van der Waals surface area contributed by atoms with Crippen LogP contribution in [0.2, 0.25) is 0 Å². The average Bonchev–Trinajstić information content (AvgIpc) is 2.13. The van der Waals surface area contributed by atoms with E-state index in [1.807, 2.05) is 18.2 Å². The van der Waals surface area contributed by atoms with E-state index in [9.17, 15) is 0 Å². The van der Waals surface area contributed by atoms with Crippen LogP contribution in [-0.4, -0.2) is 23.0 Å². The van der Waals surface area contributed by atoms with Crippen LogP contribution in [0.3, 0.4) is 0 Å². The molecule has 0 spiro atoms. The Kier molecular flexibility index (Phi) is 4.42. The largest absolute Gasteiger partial charge is 0.411 e. The summed E-state index contributed by atoms with van der Waals surface area (Å²) >= 11 is 3.25. The summed E-state index contributed by atoms with van der Waals surface area (Å²) in [6.07, 6.45) is 1.28. The van der Waals surface area contributed by atoms with Gasteiger partial charge < -0.3 is 9.94 Å². The Labute approximate surface area is 84.4 Å². The maximum atomic E-state index is 8.07. The van der Waals surface area contributed by atoms with Gasteiger partial charge in [0.15, 0.2) is 0 Å². The Morgan fingerprint density at radius 3 is 3.15 bits per heavy atom. The van der Waals surface area contributed by atoms with Gasteiger partial charge in [0.05, 0.1) is 25.1 Å². The van der Waals surface area contributed by atoms with Gasteiger partial charge in [-0.15, -0.1) is 0 Å². The van der Waals surface area contributed by atoms with Gasteiger partial charge in [0, 0.05) is 0 Å². The van der Waals surface area contributed by atoms with Crippen LogP contribution < -0.4 is 0 Å². The van der Waals surface area contributed by atoms with Crippen molar-refractivity contribution in [3.63, 3.8) is 0 Å².